The molecular weight excluding hydrogens is 310 g/mol. The van der Waals surface area contributed by atoms with Crippen molar-refractivity contribution in [3.63, 3.8) is 0 Å². The van der Waals surface area contributed by atoms with Crippen molar-refractivity contribution in [1.29, 1.82) is 0 Å². The molecule has 0 spiro atoms. The molecule has 0 aromatic carbocycles. The van der Waals surface area contributed by atoms with Crippen molar-refractivity contribution in [2.24, 2.45) is 40.2 Å². The molecule has 0 saturated heterocycles. The highest BCUT2D eigenvalue weighted by atomic mass is 16.4. The van der Waals surface area contributed by atoms with Gasteiger partial charge in [-0.05, 0) is 74.7 Å². The van der Waals surface area contributed by atoms with Gasteiger partial charge in [-0.3, -0.25) is 0 Å². The molecule has 0 amide bonds. The van der Waals surface area contributed by atoms with Gasteiger partial charge in [-0.2, -0.15) is 0 Å². The standard InChI is InChI=1S/C22H29NO2/c1-4-14-12-18-15(13-20(14)23-25)6-7-17-16(18)8-10-21(3)19(17)9-11-22(21,24)5-2/h2,4,13-14,16-19,24-25H,1,6-12H2,3H3/t14?,16-,17+,18-,19-,21-,22+/m0/s1. The summed E-state index contributed by atoms with van der Waals surface area (Å²) >= 11 is 0. The molecule has 4 aliphatic rings. The molecule has 1 unspecified atom stereocenters. The maximum Gasteiger partial charge on any atom is 0.130 e. The molecule has 0 heterocycles. The molecule has 0 radical (unpaired) electrons. The van der Waals surface area contributed by atoms with Crippen molar-refractivity contribution in [2.45, 2.75) is 57.5 Å². The number of hydrogen-bond donors (Lipinski definition) is 2. The zero-order valence-electron chi connectivity index (χ0n) is 15.1. The van der Waals surface area contributed by atoms with Crippen LogP contribution in [0.4, 0.5) is 0 Å². The zero-order valence-corrected chi connectivity index (χ0v) is 15.1. The maximum atomic E-state index is 11.0. The Bertz CT molecular complexity index is 687. The Hall–Kier alpha value is -1.53. The highest BCUT2D eigenvalue weighted by Crippen LogP contribution is 2.64. The summed E-state index contributed by atoms with van der Waals surface area (Å²) in [5.41, 5.74) is 1.17. The summed E-state index contributed by atoms with van der Waals surface area (Å²) in [5.74, 6) is 5.32. The van der Waals surface area contributed by atoms with E-state index in [0.717, 1.165) is 44.2 Å². The van der Waals surface area contributed by atoms with E-state index in [0.29, 0.717) is 23.7 Å². The van der Waals surface area contributed by atoms with Crippen LogP contribution < -0.4 is 0 Å². The van der Waals surface area contributed by atoms with E-state index in [2.05, 4.69) is 30.7 Å². The highest BCUT2D eigenvalue weighted by molar-refractivity contribution is 5.99. The van der Waals surface area contributed by atoms with Gasteiger partial charge in [-0.1, -0.05) is 29.6 Å². The van der Waals surface area contributed by atoms with Gasteiger partial charge in [0.2, 0.25) is 0 Å². The van der Waals surface area contributed by atoms with E-state index in [4.69, 9.17) is 6.42 Å². The number of hydrogen-bond acceptors (Lipinski definition) is 3. The fourth-order valence-electron chi connectivity index (χ4n) is 6.80. The molecule has 3 fully saturated rings. The Balaban J connectivity index is 1.65. The van der Waals surface area contributed by atoms with Crippen molar-refractivity contribution >= 4 is 5.71 Å². The Labute approximate surface area is 150 Å². The van der Waals surface area contributed by atoms with Crippen LogP contribution in [0.2, 0.25) is 0 Å². The van der Waals surface area contributed by atoms with E-state index in [1.807, 2.05) is 6.08 Å². The SMILES string of the molecule is C#C[C@@]1(O)CC[C@H]2[C@@H]3CCC4=CC(=NO)C(C=C)C[C@@H]4[C@H]3CC[C@@]21C. The van der Waals surface area contributed by atoms with Crippen molar-refractivity contribution in [3.05, 3.63) is 24.3 Å². The summed E-state index contributed by atoms with van der Waals surface area (Å²) in [6, 6.07) is 0. The van der Waals surface area contributed by atoms with E-state index in [1.54, 1.807) is 0 Å². The van der Waals surface area contributed by atoms with Crippen molar-refractivity contribution in [2.75, 3.05) is 0 Å². The summed E-state index contributed by atoms with van der Waals surface area (Å²) in [6.07, 6.45) is 17.0. The van der Waals surface area contributed by atoms with Crippen LogP contribution in [-0.4, -0.2) is 21.6 Å². The Morgan fingerprint density at radius 1 is 1.32 bits per heavy atom. The van der Waals surface area contributed by atoms with Crippen molar-refractivity contribution in [3.8, 4) is 12.3 Å². The van der Waals surface area contributed by atoms with Crippen molar-refractivity contribution in [1.82, 2.24) is 0 Å². The van der Waals surface area contributed by atoms with Gasteiger partial charge in [-0.15, -0.1) is 13.0 Å². The van der Waals surface area contributed by atoms with Gasteiger partial charge in [0.1, 0.15) is 5.60 Å². The van der Waals surface area contributed by atoms with Crippen LogP contribution in [-0.2, 0) is 0 Å². The van der Waals surface area contributed by atoms with Crippen LogP contribution in [0.3, 0.4) is 0 Å². The number of fused-ring (bicyclic) bond motifs is 5. The van der Waals surface area contributed by atoms with E-state index in [-0.39, 0.29) is 11.3 Å². The first-order chi connectivity index (χ1) is 12.0. The van der Waals surface area contributed by atoms with Crippen LogP contribution in [0.25, 0.3) is 0 Å². The van der Waals surface area contributed by atoms with Crippen molar-refractivity contribution < 1.29 is 10.3 Å². The lowest BCUT2D eigenvalue weighted by Gasteiger charge is -2.55. The molecule has 0 bridgehead atoms. The summed E-state index contributed by atoms with van der Waals surface area (Å²) in [6.45, 7) is 6.17. The van der Waals surface area contributed by atoms with Crippen LogP contribution in [0.5, 0.6) is 0 Å². The number of oxime groups is 1. The third kappa shape index (κ3) is 2.20. The Morgan fingerprint density at radius 3 is 2.80 bits per heavy atom. The normalized spacial score (nSPS) is 50.2. The van der Waals surface area contributed by atoms with Crippen LogP contribution in [0.15, 0.2) is 29.5 Å². The zero-order chi connectivity index (χ0) is 17.8. The number of terminal acetylenes is 1. The molecule has 4 rings (SSSR count). The number of aliphatic hydroxyl groups is 1. The van der Waals surface area contributed by atoms with Crippen LogP contribution in [0, 0.1) is 47.3 Å². The van der Waals surface area contributed by atoms with E-state index in [9.17, 15) is 10.3 Å². The molecule has 4 aliphatic carbocycles. The topological polar surface area (TPSA) is 52.8 Å². The largest absolute Gasteiger partial charge is 0.411 e. The second-order valence-electron chi connectivity index (χ2n) is 8.90. The minimum absolute atomic E-state index is 0.131. The van der Waals surface area contributed by atoms with Gasteiger partial charge < -0.3 is 10.3 Å². The molecule has 0 aromatic rings. The van der Waals surface area contributed by atoms with Gasteiger partial charge >= 0.3 is 0 Å². The molecule has 25 heavy (non-hydrogen) atoms. The highest BCUT2D eigenvalue weighted by Gasteiger charge is 2.62. The first-order valence-electron chi connectivity index (χ1n) is 9.72. The maximum absolute atomic E-state index is 11.0. The lowest BCUT2D eigenvalue weighted by atomic mass is 9.50. The minimum Gasteiger partial charge on any atom is -0.411 e. The minimum atomic E-state index is -0.925. The van der Waals surface area contributed by atoms with Gasteiger partial charge in [0.05, 0.1) is 5.71 Å². The quantitative estimate of drug-likeness (QED) is 0.326. The Kier molecular flexibility index (Phi) is 3.88. The first-order valence-corrected chi connectivity index (χ1v) is 9.72. The van der Waals surface area contributed by atoms with Gasteiger partial charge in [0, 0.05) is 11.3 Å². The molecule has 134 valence electrons. The van der Waals surface area contributed by atoms with Gasteiger partial charge in [0.25, 0.3) is 0 Å². The van der Waals surface area contributed by atoms with E-state index < -0.39 is 5.60 Å². The monoisotopic (exact) mass is 339 g/mol. The molecule has 3 heteroatoms. The van der Waals surface area contributed by atoms with Gasteiger partial charge in [0.15, 0.2) is 0 Å². The van der Waals surface area contributed by atoms with Crippen LogP contribution >= 0.6 is 0 Å². The van der Waals surface area contributed by atoms with Gasteiger partial charge in [-0.25, -0.2) is 0 Å². The average molecular weight is 339 g/mol. The molecule has 3 nitrogen and oxygen atoms in total. The number of rotatable bonds is 1. The molecule has 0 aliphatic heterocycles. The van der Waals surface area contributed by atoms with E-state index in [1.165, 1.54) is 12.0 Å². The first kappa shape index (κ1) is 16.9. The predicted octanol–water partition coefficient (Wildman–Crippen LogP) is 4.17. The molecule has 2 N–H and O–H groups in total. The van der Waals surface area contributed by atoms with Crippen LogP contribution in [0.1, 0.15) is 51.9 Å². The second kappa shape index (κ2) is 5.74. The molecule has 0 aromatic heterocycles. The summed E-state index contributed by atoms with van der Waals surface area (Å²) in [5, 5.41) is 23.8. The smallest absolute Gasteiger partial charge is 0.130 e. The third-order valence-electron chi connectivity index (χ3n) is 8.26. The third-order valence-corrected chi connectivity index (χ3v) is 8.26. The molecule has 7 atom stereocenters. The summed E-state index contributed by atoms with van der Waals surface area (Å²) in [7, 11) is 0. The number of allylic oxidation sites excluding steroid dienone is 3. The predicted molar refractivity (Wildman–Crippen MR) is 99.2 cm³/mol. The van der Waals surface area contributed by atoms with E-state index >= 15 is 0 Å². The lowest BCUT2D eigenvalue weighted by Crippen LogP contribution is -2.52. The molecule has 3 saturated carbocycles. The lowest BCUT2D eigenvalue weighted by molar-refractivity contribution is -0.0856. The average Bonchev–Trinajstić information content (AvgIpc) is 2.92. The summed E-state index contributed by atoms with van der Waals surface area (Å²) in [4.78, 5) is 0. The second-order valence-corrected chi connectivity index (χ2v) is 8.90. The fourth-order valence-corrected chi connectivity index (χ4v) is 6.80. The Morgan fingerprint density at radius 2 is 2.12 bits per heavy atom. The number of nitrogens with zero attached hydrogens (tertiary/aromatic N) is 1. The fraction of sp³-hybridized carbons (Fsp3) is 0.682. The summed E-state index contributed by atoms with van der Waals surface area (Å²) < 4.78 is 0. The molecular formula is C22H29NO2.